The highest BCUT2D eigenvalue weighted by molar-refractivity contribution is 6.28. The molecule has 0 bridgehead atoms. The number of hydrogen-bond donors (Lipinski definition) is 1. The molecule has 4 nitrogen and oxygen atoms in total. The van der Waals surface area contributed by atoms with E-state index in [2.05, 4.69) is 4.74 Å². The van der Waals surface area contributed by atoms with Crippen LogP contribution in [0.3, 0.4) is 0 Å². The van der Waals surface area contributed by atoms with Crippen molar-refractivity contribution < 1.29 is 19.4 Å². The standard InChI is InChI=1S/C4H6O4.ClH/c1-2-8-4(7)3(5)6;/h2H2,1H3,(H,5,6);1H. The second kappa shape index (κ2) is 5.37. The van der Waals surface area contributed by atoms with E-state index in [0.717, 1.165) is 0 Å². The highest BCUT2D eigenvalue weighted by Gasteiger charge is 2.09. The predicted molar refractivity (Wildman–Crippen MR) is 31.5 cm³/mol. The Labute approximate surface area is 58.2 Å². The van der Waals surface area contributed by atoms with Crippen molar-refractivity contribution in [1.82, 2.24) is 0 Å². The molecule has 0 aromatic carbocycles. The van der Waals surface area contributed by atoms with Gasteiger partial charge in [-0.2, -0.15) is 0 Å². The molecule has 0 saturated heterocycles. The molecule has 0 aliphatic rings. The van der Waals surface area contributed by atoms with Gasteiger partial charge >= 0.3 is 11.9 Å². The van der Waals surface area contributed by atoms with Crippen LogP contribution in [0, 0.1) is 0 Å². The van der Waals surface area contributed by atoms with Crippen LogP contribution in [0.5, 0.6) is 0 Å². The van der Waals surface area contributed by atoms with Crippen LogP contribution in [0.1, 0.15) is 6.92 Å². The molecule has 0 aliphatic carbocycles. The van der Waals surface area contributed by atoms with Gasteiger partial charge in [-0.05, 0) is 6.92 Å². The first-order valence-electron chi connectivity index (χ1n) is 2.08. The van der Waals surface area contributed by atoms with Gasteiger partial charge in [-0.1, -0.05) is 0 Å². The van der Waals surface area contributed by atoms with Gasteiger partial charge in [-0.25, -0.2) is 9.59 Å². The van der Waals surface area contributed by atoms with Crippen LogP contribution in [-0.2, 0) is 14.3 Å². The Morgan fingerprint density at radius 3 is 2.11 bits per heavy atom. The van der Waals surface area contributed by atoms with E-state index in [1.165, 1.54) is 0 Å². The topological polar surface area (TPSA) is 63.6 Å². The first kappa shape index (κ1) is 11.1. The van der Waals surface area contributed by atoms with Crippen LogP contribution >= 0.6 is 12.4 Å². The molecule has 0 unspecified atom stereocenters. The number of carbonyl (C=O) groups excluding carboxylic acids is 1. The molecule has 0 aromatic heterocycles. The van der Waals surface area contributed by atoms with E-state index >= 15 is 0 Å². The molecule has 9 heavy (non-hydrogen) atoms. The summed E-state index contributed by atoms with van der Waals surface area (Å²) in [5, 5.41) is 7.84. The molecule has 1 N–H and O–H groups in total. The molecule has 5 heteroatoms. The summed E-state index contributed by atoms with van der Waals surface area (Å²) in [6.07, 6.45) is 0. The first-order valence-corrected chi connectivity index (χ1v) is 2.08. The SMILES string of the molecule is CCOC(=O)C(=O)O.Cl. The van der Waals surface area contributed by atoms with Gasteiger partial charge in [0.25, 0.3) is 0 Å². The number of carbonyl (C=O) groups is 2. The van der Waals surface area contributed by atoms with Gasteiger partial charge < -0.3 is 9.84 Å². The van der Waals surface area contributed by atoms with E-state index in [0.29, 0.717) is 0 Å². The van der Waals surface area contributed by atoms with Gasteiger partial charge in [0.15, 0.2) is 0 Å². The highest BCUT2D eigenvalue weighted by Crippen LogP contribution is 1.74. The number of carboxylic acid groups (broad SMARTS) is 1. The maximum absolute atomic E-state index is 9.92. The zero-order valence-electron chi connectivity index (χ0n) is 4.79. The Morgan fingerprint density at radius 2 is 2.00 bits per heavy atom. The number of rotatable bonds is 1. The van der Waals surface area contributed by atoms with E-state index in [1.807, 2.05) is 0 Å². The monoisotopic (exact) mass is 154 g/mol. The third kappa shape index (κ3) is 5.10. The number of ether oxygens (including phenoxy) is 1. The molecule has 0 saturated carbocycles. The summed E-state index contributed by atoms with van der Waals surface area (Å²) >= 11 is 0. The molecule has 0 rings (SSSR count). The predicted octanol–water partition coefficient (Wildman–Crippen LogP) is 0.0559. The van der Waals surface area contributed by atoms with Crippen molar-refractivity contribution in [3.63, 3.8) is 0 Å². The van der Waals surface area contributed by atoms with Crippen molar-refractivity contribution >= 4 is 24.3 Å². The van der Waals surface area contributed by atoms with Crippen molar-refractivity contribution in [2.45, 2.75) is 6.92 Å². The summed E-state index contributed by atoms with van der Waals surface area (Å²) in [5.41, 5.74) is 0. The second-order valence-electron chi connectivity index (χ2n) is 1.03. The summed E-state index contributed by atoms with van der Waals surface area (Å²) in [7, 11) is 0. The maximum atomic E-state index is 9.92. The van der Waals surface area contributed by atoms with Crippen molar-refractivity contribution in [3.8, 4) is 0 Å². The molecule has 0 amide bonds. The Bertz CT molecular complexity index is 111. The lowest BCUT2D eigenvalue weighted by Crippen LogP contribution is -2.15. The minimum Gasteiger partial charge on any atom is -0.473 e. The third-order valence-corrected chi connectivity index (χ3v) is 0.450. The quantitative estimate of drug-likeness (QED) is 0.428. The minimum atomic E-state index is -1.55. The van der Waals surface area contributed by atoms with Gasteiger partial charge in [-0.15, -0.1) is 12.4 Å². The maximum Gasteiger partial charge on any atom is 0.417 e. The fourth-order valence-electron chi connectivity index (χ4n) is 0.193. The van der Waals surface area contributed by atoms with Gasteiger partial charge in [0.05, 0.1) is 6.61 Å². The smallest absolute Gasteiger partial charge is 0.417 e. The number of hydrogen-bond acceptors (Lipinski definition) is 3. The minimum absolute atomic E-state index is 0. The molecule has 0 spiro atoms. The van der Waals surface area contributed by atoms with E-state index < -0.39 is 11.9 Å². The van der Waals surface area contributed by atoms with Gasteiger partial charge in [0, 0.05) is 0 Å². The number of aliphatic carboxylic acids is 1. The molecule has 0 aliphatic heterocycles. The van der Waals surface area contributed by atoms with Crippen molar-refractivity contribution in [2.24, 2.45) is 0 Å². The average molecular weight is 155 g/mol. The van der Waals surface area contributed by atoms with Crippen molar-refractivity contribution in [1.29, 1.82) is 0 Å². The Balaban J connectivity index is 0. The fourth-order valence-corrected chi connectivity index (χ4v) is 0.193. The van der Waals surface area contributed by atoms with Gasteiger partial charge in [-0.3, -0.25) is 0 Å². The van der Waals surface area contributed by atoms with Crippen LogP contribution in [0.15, 0.2) is 0 Å². The largest absolute Gasteiger partial charge is 0.473 e. The fraction of sp³-hybridized carbons (Fsp3) is 0.500. The van der Waals surface area contributed by atoms with Crippen LogP contribution < -0.4 is 0 Å². The zero-order chi connectivity index (χ0) is 6.57. The van der Waals surface area contributed by atoms with E-state index in [-0.39, 0.29) is 19.0 Å². The molecule has 0 heterocycles. The summed E-state index contributed by atoms with van der Waals surface area (Å²) in [6, 6.07) is 0. The second-order valence-corrected chi connectivity index (χ2v) is 1.03. The van der Waals surface area contributed by atoms with E-state index in [4.69, 9.17) is 5.11 Å². The molecule has 0 fully saturated rings. The Morgan fingerprint density at radius 1 is 1.56 bits per heavy atom. The molecule has 54 valence electrons. The van der Waals surface area contributed by atoms with Crippen LogP contribution in [-0.4, -0.2) is 23.7 Å². The van der Waals surface area contributed by atoms with Crippen LogP contribution in [0.25, 0.3) is 0 Å². The molecule has 0 radical (unpaired) electrons. The molecular weight excluding hydrogens is 147 g/mol. The lowest BCUT2D eigenvalue weighted by molar-refractivity contribution is -0.163. The van der Waals surface area contributed by atoms with E-state index in [9.17, 15) is 9.59 Å². The first-order chi connectivity index (χ1) is 3.68. The van der Waals surface area contributed by atoms with E-state index in [1.54, 1.807) is 6.92 Å². The summed E-state index contributed by atoms with van der Waals surface area (Å²) in [6.45, 7) is 1.64. The average Bonchev–Trinajstić information content (AvgIpc) is 1.67. The van der Waals surface area contributed by atoms with Crippen molar-refractivity contribution in [3.05, 3.63) is 0 Å². The highest BCUT2D eigenvalue weighted by atomic mass is 35.5. The lowest BCUT2D eigenvalue weighted by Gasteiger charge is -1.91. The molecule has 0 aromatic rings. The summed E-state index contributed by atoms with van der Waals surface area (Å²) in [5.74, 6) is -2.75. The van der Waals surface area contributed by atoms with Gasteiger partial charge in [0.1, 0.15) is 0 Å². The Kier molecular flexibility index (Phi) is 6.61. The third-order valence-electron chi connectivity index (χ3n) is 0.450. The lowest BCUT2D eigenvalue weighted by atomic mass is 10.7. The summed E-state index contributed by atoms with van der Waals surface area (Å²) in [4.78, 5) is 19.5. The zero-order valence-corrected chi connectivity index (χ0v) is 5.60. The van der Waals surface area contributed by atoms with Crippen molar-refractivity contribution in [2.75, 3.05) is 6.61 Å². The molecular formula is C4H7ClO4. The number of carboxylic acids is 1. The van der Waals surface area contributed by atoms with Crippen LogP contribution in [0.2, 0.25) is 0 Å². The number of halogens is 1. The molecule has 0 atom stereocenters. The van der Waals surface area contributed by atoms with Gasteiger partial charge in [0.2, 0.25) is 0 Å². The summed E-state index contributed by atoms with van der Waals surface area (Å²) < 4.78 is 4.06. The van der Waals surface area contributed by atoms with Crippen LogP contribution in [0.4, 0.5) is 0 Å². The normalized spacial score (nSPS) is 7.22. The Hall–Kier alpha value is -0.770. The number of esters is 1.